The van der Waals surface area contributed by atoms with Crippen LogP contribution in [0.4, 0.5) is 0 Å². The van der Waals surface area contributed by atoms with Gasteiger partial charge in [0.25, 0.3) is 0 Å². The van der Waals surface area contributed by atoms with Gasteiger partial charge in [-0.2, -0.15) is 0 Å². The molecule has 0 aliphatic carbocycles. The third-order valence-electron chi connectivity index (χ3n) is 11.0. The number of carbonyl (C=O) groups excluding carboxylic acids is 3. The largest absolute Gasteiger partial charge is 0.465 e. The quantitative estimate of drug-likeness (QED) is 0.0393. The Labute approximate surface area is 330 Å². The second kappa shape index (κ2) is 37.3. The first-order chi connectivity index (χ1) is 25.2. The third kappa shape index (κ3) is 38.4. The molecule has 7 heteroatoms. The molecule has 0 aliphatic heterocycles. The zero-order chi connectivity index (χ0) is 40.3. The summed E-state index contributed by atoms with van der Waals surface area (Å²) in [6, 6.07) is 0. The number of hydrogen-bond acceptors (Lipinski definition) is 6. The number of unbranched alkanes of at least 4 members (excludes halogenated alkanes) is 12. The van der Waals surface area contributed by atoms with Crippen LogP contribution < -0.4 is 5.73 Å². The van der Waals surface area contributed by atoms with Gasteiger partial charge in [0, 0.05) is 12.8 Å². The Kier molecular flexibility index (Phi) is 37.6. The Bertz CT molecular complexity index is 771. The molecule has 2 N–H and O–H groups in total. The van der Waals surface area contributed by atoms with Gasteiger partial charge in [0.1, 0.15) is 0 Å². The maximum Gasteiger partial charge on any atom is 0.305 e. The van der Waals surface area contributed by atoms with E-state index in [1.165, 1.54) is 103 Å². The summed E-state index contributed by atoms with van der Waals surface area (Å²) in [6.07, 6.45) is 27.5. The lowest BCUT2D eigenvalue weighted by Gasteiger charge is -2.21. The fourth-order valence-electron chi connectivity index (χ4n) is 6.90. The molecule has 2 unspecified atom stereocenters. The van der Waals surface area contributed by atoms with Crippen LogP contribution >= 0.6 is 0 Å². The Morgan fingerprint density at radius 3 is 1.13 bits per heavy atom. The summed E-state index contributed by atoms with van der Waals surface area (Å²) >= 11 is 0. The highest BCUT2D eigenvalue weighted by Crippen LogP contribution is 2.24. The van der Waals surface area contributed by atoms with E-state index in [1.54, 1.807) is 0 Å². The van der Waals surface area contributed by atoms with Crippen molar-refractivity contribution in [3.8, 4) is 0 Å². The van der Waals surface area contributed by atoms with Crippen LogP contribution in [0.1, 0.15) is 203 Å². The van der Waals surface area contributed by atoms with E-state index in [-0.39, 0.29) is 18.3 Å². The van der Waals surface area contributed by atoms with Crippen molar-refractivity contribution in [2.75, 3.05) is 33.9 Å². The van der Waals surface area contributed by atoms with Gasteiger partial charge >= 0.3 is 11.9 Å². The van der Waals surface area contributed by atoms with Crippen molar-refractivity contribution >= 4 is 18.3 Å². The van der Waals surface area contributed by atoms with Crippen molar-refractivity contribution in [3.63, 3.8) is 0 Å². The van der Waals surface area contributed by atoms with Gasteiger partial charge in [-0.15, -0.1) is 0 Å². The van der Waals surface area contributed by atoms with E-state index in [0.29, 0.717) is 61.6 Å². The minimum atomic E-state index is 0.000821. The van der Waals surface area contributed by atoms with Gasteiger partial charge in [-0.05, 0) is 94.2 Å². The summed E-state index contributed by atoms with van der Waals surface area (Å²) in [6.45, 7) is 20.4. The average molecular weight is 753 g/mol. The highest BCUT2D eigenvalue weighted by molar-refractivity contribution is 5.69. The van der Waals surface area contributed by atoms with E-state index in [0.717, 1.165) is 44.4 Å². The first-order valence-electron chi connectivity index (χ1n) is 22.3. The van der Waals surface area contributed by atoms with Crippen LogP contribution in [0.5, 0.6) is 0 Å². The second-order valence-corrected chi connectivity index (χ2v) is 17.9. The van der Waals surface area contributed by atoms with E-state index >= 15 is 0 Å². The molecule has 0 spiro atoms. The number of amides is 1. The van der Waals surface area contributed by atoms with Gasteiger partial charge < -0.3 is 20.1 Å². The van der Waals surface area contributed by atoms with Crippen LogP contribution in [-0.4, -0.2) is 57.1 Å². The molecule has 316 valence electrons. The first kappa shape index (κ1) is 53.5. The molecule has 0 bridgehead atoms. The molecule has 0 saturated carbocycles. The molecular formula is C46H92N2O5. The van der Waals surface area contributed by atoms with E-state index in [2.05, 4.69) is 80.1 Å². The van der Waals surface area contributed by atoms with Crippen LogP contribution in [0.3, 0.4) is 0 Å². The molecule has 0 aromatic rings. The lowest BCUT2D eigenvalue weighted by molar-refractivity contribution is -0.146. The minimum absolute atomic E-state index is 0.000821. The van der Waals surface area contributed by atoms with Gasteiger partial charge in [0.2, 0.25) is 6.41 Å². The topological polar surface area (TPSA) is 98.9 Å². The normalized spacial score (nSPS) is 13.3. The van der Waals surface area contributed by atoms with E-state index in [9.17, 15) is 9.59 Å². The molecule has 53 heavy (non-hydrogen) atoms. The van der Waals surface area contributed by atoms with Gasteiger partial charge in [0.05, 0.1) is 13.2 Å². The monoisotopic (exact) mass is 753 g/mol. The molecule has 0 rings (SSSR count). The van der Waals surface area contributed by atoms with Crippen molar-refractivity contribution in [2.45, 2.75) is 203 Å². The standard InChI is InChI=1S/C45H89NO4.CH3NO/c1-37(2)29-31-42(39(5)6)35-49-44(47)27-23-19-15-11-13-17-21-25-41(33-34-46(9)10)26-22-18-14-12-16-20-24-28-45(48)50-36-43(40(7)8)32-30-38(3)4;2-1-3/h37-43H,11-36H2,1-10H3;1H,(H2,2,3). The van der Waals surface area contributed by atoms with Crippen molar-refractivity contribution < 1.29 is 23.9 Å². The summed E-state index contributed by atoms with van der Waals surface area (Å²) in [5, 5.41) is 0. The number of esters is 2. The number of ether oxygens (including phenoxy) is 2. The summed E-state index contributed by atoms with van der Waals surface area (Å²) in [4.78, 5) is 35.4. The number of rotatable bonds is 35. The maximum atomic E-state index is 12.3. The number of carbonyl (C=O) groups is 3. The van der Waals surface area contributed by atoms with Crippen LogP contribution in [-0.2, 0) is 23.9 Å². The smallest absolute Gasteiger partial charge is 0.305 e. The van der Waals surface area contributed by atoms with Gasteiger partial charge in [-0.1, -0.05) is 158 Å². The van der Waals surface area contributed by atoms with E-state index < -0.39 is 0 Å². The zero-order valence-corrected chi connectivity index (χ0v) is 37.1. The Morgan fingerprint density at radius 1 is 0.509 bits per heavy atom. The molecule has 7 nitrogen and oxygen atoms in total. The number of nitrogens with zero attached hydrogens (tertiary/aromatic N) is 1. The minimum Gasteiger partial charge on any atom is -0.465 e. The average Bonchev–Trinajstić information content (AvgIpc) is 3.08. The number of nitrogens with two attached hydrogens (primary N) is 1. The van der Waals surface area contributed by atoms with Crippen LogP contribution in [0.2, 0.25) is 0 Å². The molecule has 0 heterocycles. The second-order valence-electron chi connectivity index (χ2n) is 17.9. The fraction of sp³-hybridized carbons (Fsp3) is 0.935. The number of hydrogen-bond donors (Lipinski definition) is 1. The molecule has 0 aromatic heterocycles. The van der Waals surface area contributed by atoms with Crippen LogP contribution in [0.15, 0.2) is 0 Å². The van der Waals surface area contributed by atoms with Crippen molar-refractivity contribution in [2.24, 2.45) is 47.2 Å². The molecule has 0 aliphatic rings. The summed E-state index contributed by atoms with van der Waals surface area (Å²) < 4.78 is 11.3. The molecule has 0 saturated heterocycles. The molecule has 2 atom stereocenters. The maximum absolute atomic E-state index is 12.3. The predicted molar refractivity (Wildman–Crippen MR) is 227 cm³/mol. The fourth-order valence-corrected chi connectivity index (χ4v) is 6.90. The Morgan fingerprint density at radius 2 is 0.830 bits per heavy atom. The van der Waals surface area contributed by atoms with Gasteiger partial charge in [-0.3, -0.25) is 14.4 Å². The Balaban J connectivity index is 0. The zero-order valence-electron chi connectivity index (χ0n) is 37.1. The van der Waals surface area contributed by atoms with Gasteiger partial charge in [-0.25, -0.2) is 0 Å². The molecular weight excluding hydrogens is 661 g/mol. The van der Waals surface area contributed by atoms with Crippen molar-refractivity contribution in [1.29, 1.82) is 0 Å². The molecule has 0 aromatic carbocycles. The Hall–Kier alpha value is -1.63. The summed E-state index contributed by atoms with van der Waals surface area (Å²) in [5.74, 6) is 4.38. The first-order valence-corrected chi connectivity index (χ1v) is 22.3. The molecule has 0 fully saturated rings. The van der Waals surface area contributed by atoms with Crippen LogP contribution in [0.25, 0.3) is 0 Å². The van der Waals surface area contributed by atoms with Crippen LogP contribution in [0, 0.1) is 41.4 Å². The highest BCUT2D eigenvalue weighted by atomic mass is 16.5. The predicted octanol–water partition coefficient (Wildman–Crippen LogP) is 12.2. The highest BCUT2D eigenvalue weighted by Gasteiger charge is 2.18. The SMILES string of the molecule is CC(C)CCC(COC(=O)CCCCCCCCCC(CCCCCCCCCC(=O)OCC(CCC(C)C)C(C)C)CCN(C)C)C(C)C.NC=O. The van der Waals surface area contributed by atoms with E-state index in [4.69, 9.17) is 14.3 Å². The lowest BCUT2D eigenvalue weighted by Crippen LogP contribution is -2.19. The van der Waals surface area contributed by atoms with E-state index in [1.807, 2.05) is 0 Å². The molecule has 0 radical (unpaired) electrons. The molecule has 1 amide bonds. The lowest BCUT2D eigenvalue weighted by atomic mass is 9.89. The summed E-state index contributed by atoms with van der Waals surface area (Å²) in [5.41, 5.74) is 4.17. The number of primary amides is 1. The summed E-state index contributed by atoms with van der Waals surface area (Å²) in [7, 11) is 4.40. The van der Waals surface area contributed by atoms with Crippen molar-refractivity contribution in [3.05, 3.63) is 0 Å². The van der Waals surface area contributed by atoms with Crippen molar-refractivity contribution in [1.82, 2.24) is 4.90 Å². The van der Waals surface area contributed by atoms with Gasteiger partial charge in [0.15, 0.2) is 0 Å². The third-order valence-corrected chi connectivity index (χ3v) is 11.0.